The number of carbonyl (C=O) groups is 1. The lowest BCUT2D eigenvalue weighted by Gasteiger charge is -2.41. The number of hydrogen-bond donors (Lipinski definition) is 1. The fourth-order valence-corrected chi connectivity index (χ4v) is 4.62. The molecule has 2 fully saturated rings. The molecule has 9 heteroatoms. The molecule has 7 nitrogen and oxygen atoms in total. The highest BCUT2D eigenvalue weighted by Crippen LogP contribution is 2.30. The molecule has 0 bridgehead atoms. The zero-order valence-corrected chi connectivity index (χ0v) is 16.8. The molecule has 1 saturated carbocycles. The van der Waals surface area contributed by atoms with Gasteiger partial charge in [-0.15, -0.1) is 0 Å². The second kappa shape index (κ2) is 8.65. The summed E-state index contributed by atoms with van der Waals surface area (Å²) in [6.45, 7) is 3.07. The van der Waals surface area contributed by atoms with Crippen LogP contribution in [0.5, 0.6) is 5.75 Å². The number of carboxylic acid groups (broad SMARTS) is 1. The average Bonchev–Trinajstić information content (AvgIpc) is 2.67. The molecule has 1 aromatic carbocycles. The van der Waals surface area contributed by atoms with Gasteiger partial charge in [-0.2, -0.15) is 0 Å². The number of sulfone groups is 1. The molecule has 1 amide bonds. The van der Waals surface area contributed by atoms with Crippen molar-refractivity contribution in [2.24, 2.45) is 5.92 Å². The van der Waals surface area contributed by atoms with Gasteiger partial charge in [0.15, 0.2) is 21.4 Å². The Labute approximate surface area is 165 Å². The minimum absolute atomic E-state index is 0.0548. The first kappa shape index (κ1) is 20.9. The molecule has 3 rings (SSSR count). The summed E-state index contributed by atoms with van der Waals surface area (Å²) in [5.41, 5.74) is 0. The summed E-state index contributed by atoms with van der Waals surface area (Å²) in [6, 6.07) is 4.21. The highest BCUT2D eigenvalue weighted by Gasteiger charge is 2.29. The van der Waals surface area contributed by atoms with Crippen molar-refractivity contribution >= 4 is 15.9 Å². The molecular weight excluding hydrogens is 387 g/mol. The molecule has 0 radical (unpaired) electrons. The molecule has 1 aliphatic carbocycles. The van der Waals surface area contributed by atoms with Gasteiger partial charge in [0.2, 0.25) is 0 Å². The first-order valence-corrected chi connectivity index (χ1v) is 11.5. The van der Waals surface area contributed by atoms with E-state index in [2.05, 4.69) is 4.90 Å². The van der Waals surface area contributed by atoms with Crippen LogP contribution in [0.4, 0.5) is 9.18 Å². The Hall–Kier alpha value is -1.87. The summed E-state index contributed by atoms with van der Waals surface area (Å²) in [7, 11) is -3.44. The van der Waals surface area contributed by atoms with E-state index >= 15 is 0 Å². The monoisotopic (exact) mass is 414 g/mol. The molecule has 1 aromatic rings. The number of amides is 1. The minimum Gasteiger partial charge on any atom is -0.490 e. The maximum Gasteiger partial charge on any atom is 0.407 e. The zero-order valence-electron chi connectivity index (χ0n) is 16.0. The number of benzene rings is 1. The van der Waals surface area contributed by atoms with E-state index in [1.54, 1.807) is 0 Å². The Morgan fingerprint density at radius 1 is 1.18 bits per heavy atom. The lowest BCUT2D eigenvalue weighted by atomic mass is 9.85. The van der Waals surface area contributed by atoms with Crippen LogP contribution in [0.3, 0.4) is 0 Å². The van der Waals surface area contributed by atoms with Crippen LogP contribution >= 0.6 is 0 Å². The van der Waals surface area contributed by atoms with Gasteiger partial charge in [0, 0.05) is 38.5 Å². The summed E-state index contributed by atoms with van der Waals surface area (Å²) in [5.74, 6) is -0.238. The smallest absolute Gasteiger partial charge is 0.407 e. The van der Waals surface area contributed by atoms with Crippen molar-refractivity contribution in [2.45, 2.75) is 36.6 Å². The highest BCUT2D eigenvalue weighted by atomic mass is 32.2. The standard InChI is InChI=1S/C19H27FN2O5S/c1-28(25,26)16-6-7-18(17(20)12-16)27-13-14-2-4-15(5-3-14)21-8-10-22(11-9-21)19(23)24/h6-7,12,14-15H,2-5,8-11,13H2,1H3,(H,23,24)/t14-,15-. The number of halogens is 1. The van der Waals surface area contributed by atoms with E-state index in [-0.39, 0.29) is 10.6 Å². The molecule has 0 atom stereocenters. The highest BCUT2D eigenvalue weighted by molar-refractivity contribution is 7.90. The molecule has 156 valence electrons. The van der Waals surface area contributed by atoms with Crippen molar-refractivity contribution in [3.8, 4) is 5.75 Å². The van der Waals surface area contributed by atoms with E-state index in [1.807, 2.05) is 0 Å². The normalized spacial score (nSPS) is 24.1. The fourth-order valence-electron chi connectivity index (χ4n) is 3.99. The van der Waals surface area contributed by atoms with E-state index in [9.17, 15) is 17.6 Å². The summed E-state index contributed by atoms with van der Waals surface area (Å²) >= 11 is 0. The van der Waals surface area contributed by atoms with Gasteiger partial charge in [0.25, 0.3) is 0 Å². The second-order valence-corrected chi connectivity index (χ2v) is 9.67. The van der Waals surface area contributed by atoms with Crippen LogP contribution in [-0.2, 0) is 9.84 Å². The van der Waals surface area contributed by atoms with Gasteiger partial charge < -0.3 is 14.7 Å². The summed E-state index contributed by atoms with van der Waals surface area (Å²) < 4.78 is 42.6. The predicted octanol–water partition coefficient (Wildman–Crippen LogP) is 2.46. The average molecular weight is 414 g/mol. The van der Waals surface area contributed by atoms with Crippen LogP contribution in [-0.4, -0.2) is 74.5 Å². The quantitative estimate of drug-likeness (QED) is 0.797. The van der Waals surface area contributed by atoms with Gasteiger partial charge in [-0.25, -0.2) is 17.6 Å². The summed E-state index contributed by atoms with van der Waals surface area (Å²) in [6.07, 6.45) is 4.20. The van der Waals surface area contributed by atoms with Gasteiger partial charge in [0.05, 0.1) is 11.5 Å². The summed E-state index contributed by atoms with van der Waals surface area (Å²) in [5, 5.41) is 9.03. The lowest BCUT2D eigenvalue weighted by Crippen LogP contribution is -2.52. The van der Waals surface area contributed by atoms with Crippen molar-refractivity contribution < 1.29 is 27.4 Å². The van der Waals surface area contributed by atoms with Crippen LogP contribution in [0, 0.1) is 11.7 Å². The number of hydrogen-bond acceptors (Lipinski definition) is 5. The number of nitrogens with zero attached hydrogens (tertiary/aromatic N) is 2. The zero-order chi connectivity index (χ0) is 20.3. The molecule has 1 N–H and O–H groups in total. The fraction of sp³-hybridized carbons (Fsp3) is 0.632. The van der Waals surface area contributed by atoms with Crippen LogP contribution in [0.2, 0.25) is 0 Å². The third-order valence-electron chi connectivity index (χ3n) is 5.72. The third-order valence-corrected chi connectivity index (χ3v) is 6.83. The van der Waals surface area contributed by atoms with Crippen molar-refractivity contribution in [3.63, 3.8) is 0 Å². The van der Waals surface area contributed by atoms with E-state index < -0.39 is 21.7 Å². The van der Waals surface area contributed by atoms with Gasteiger partial charge in [-0.3, -0.25) is 4.90 Å². The number of ether oxygens (including phenoxy) is 1. The molecule has 2 aliphatic rings. The second-order valence-electron chi connectivity index (χ2n) is 7.66. The molecule has 0 unspecified atom stereocenters. The van der Waals surface area contributed by atoms with Crippen LogP contribution in [0.15, 0.2) is 23.1 Å². The lowest BCUT2D eigenvalue weighted by molar-refractivity contribution is 0.0616. The number of piperazine rings is 1. The van der Waals surface area contributed by atoms with Crippen molar-refractivity contribution in [3.05, 3.63) is 24.0 Å². The third kappa shape index (κ3) is 5.14. The molecule has 1 aliphatic heterocycles. The van der Waals surface area contributed by atoms with Crippen molar-refractivity contribution in [1.82, 2.24) is 9.80 Å². The van der Waals surface area contributed by atoms with Crippen molar-refractivity contribution in [1.29, 1.82) is 0 Å². The SMILES string of the molecule is CS(=O)(=O)c1ccc(OC[C@H]2CC[C@H](N3CCN(C(=O)O)CC3)CC2)c(F)c1. The minimum atomic E-state index is -3.44. The molecular formula is C19H27FN2O5S. The largest absolute Gasteiger partial charge is 0.490 e. The first-order chi connectivity index (χ1) is 13.2. The first-order valence-electron chi connectivity index (χ1n) is 9.58. The van der Waals surface area contributed by atoms with Gasteiger partial charge in [0.1, 0.15) is 0 Å². The van der Waals surface area contributed by atoms with Crippen molar-refractivity contribution in [2.75, 3.05) is 39.0 Å². The molecule has 1 heterocycles. The van der Waals surface area contributed by atoms with E-state index in [0.29, 0.717) is 31.7 Å². The molecule has 1 saturated heterocycles. The van der Waals surface area contributed by atoms with Gasteiger partial charge >= 0.3 is 6.09 Å². The van der Waals surface area contributed by atoms with Crippen LogP contribution in [0.25, 0.3) is 0 Å². The number of rotatable bonds is 5. The Morgan fingerprint density at radius 3 is 2.36 bits per heavy atom. The Bertz CT molecular complexity index is 801. The summed E-state index contributed by atoms with van der Waals surface area (Å²) in [4.78, 5) is 14.8. The van der Waals surface area contributed by atoms with Crippen LogP contribution < -0.4 is 4.74 Å². The Balaban J connectivity index is 1.44. The van der Waals surface area contributed by atoms with Gasteiger partial charge in [-0.1, -0.05) is 0 Å². The topological polar surface area (TPSA) is 87.2 Å². The van der Waals surface area contributed by atoms with E-state index in [1.165, 1.54) is 17.0 Å². The Morgan fingerprint density at radius 2 is 1.82 bits per heavy atom. The molecule has 0 aromatic heterocycles. The maximum absolute atomic E-state index is 14.1. The predicted molar refractivity (Wildman–Crippen MR) is 102 cm³/mol. The maximum atomic E-state index is 14.1. The van der Waals surface area contributed by atoms with E-state index in [4.69, 9.17) is 9.84 Å². The Kier molecular flexibility index (Phi) is 6.44. The van der Waals surface area contributed by atoms with Crippen LogP contribution in [0.1, 0.15) is 25.7 Å². The molecule has 0 spiro atoms. The molecule has 28 heavy (non-hydrogen) atoms. The van der Waals surface area contributed by atoms with E-state index in [0.717, 1.165) is 51.1 Å². The van der Waals surface area contributed by atoms with Gasteiger partial charge in [-0.05, 0) is 49.8 Å².